The van der Waals surface area contributed by atoms with Gasteiger partial charge in [-0.1, -0.05) is 0 Å². The third-order valence-electron chi connectivity index (χ3n) is 0.172. The molecule has 0 amide bonds. The summed E-state index contributed by atoms with van der Waals surface area (Å²) < 4.78 is 0. The molecule has 0 aromatic carbocycles. The number of carbonyl (C=O) groups is 1. The Morgan fingerprint density at radius 1 is 1.33 bits per heavy atom. The minimum atomic E-state index is -2.06. The minimum absolute atomic E-state index is 0. The monoisotopic (exact) mass is 220 g/mol. The molecule has 0 unspecified atom stereocenters. The quantitative estimate of drug-likeness (QED) is 0.167. The fourth-order valence-corrected chi connectivity index (χ4v) is 0. The van der Waals surface area contributed by atoms with Crippen LogP contribution in [0.25, 0.3) is 0 Å². The van der Waals surface area contributed by atoms with Gasteiger partial charge in [-0.3, -0.25) is 10.1 Å². The fraction of sp³-hybridized carbons (Fsp3) is 0. The Hall–Kier alpha value is 1.77. The summed E-state index contributed by atoms with van der Waals surface area (Å²) in [7, 11) is -2.06. The molecule has 0 rings (SSSR count). The van der Waals surface area contributed by atoms with E-state index < -0.39 is 13.5 Å². The first-order chi connectivity index (χ1) is 4.54. The van der Waals surface area contributed by atoms with E-state index in [4.69, 9.17) is 30.5 Å². The maximum absolute atomic E-state index is 8.90. The van der Waals surface area contributed by atoms with Crippen LogP contribution in [0.3, 0.4) is 0 Å². The van der Waals surface area contributed by atoms with Gasteiger partial charge in [0.25, 0.3) is 0 Å². The van der Waals surface area contributed by atoms with Gasteiger partial charge in [0.1, 0.15) is 0 Å². The molecule has 64 valence electrons. The Morgan fingerprint density at radius 3 is 1.50 bits per heavy atom. The van der Waals surface area contributed by atoms with Crippen molar-refractivity contribution in [1.29, 1.82) is 0 Å². The molecular weight excluding hydrogens is 213 g/mol. The van der Waals surface area contributed by atoms with Crippen LogP contribution in [0.2, 0.25) is 0 Å². The summed E-state index contributed by atoms with van der Waals surface area (Å²) in [6.07, 6.45) is -1.69. The Balaban J connectivity index is -0.0000000178. The number of hydrogen-bond acceptors (Lipinski definition) is 7. The number of carboxylic acid groups (broad SMARTS) is 1. The van der Waals surface area contributed by atoms with Crippen molar-refractivity contribution < 1.29 is 124 Å². The van der Waals surface area contributed by atoms with Crippen LogP contribution in [0.5, 0.6) is 0 Å². The van der Waals surface area contributed by atoms with Crippen LogP contribution in [-0.4, -0.2) is 39.1 Å². The maximum Gasteiger partial charge on any atom is 1.00 e. The molecule has 0 saturated heterocycles. The summed E-state index contributed by atoms with van der Waals surface area (Å²) in [5, 5.41) is 36.3. The van der Waals surface area contributed by atoms with Gasteiger partial charge in [0.05, 0.1) is 0 Å². The van der Waals surface area contributed by atoms with Crippen molar-refractivity contribution in [2.24, 2.45) is 0 Å². The summed E-state index contributed by atoms with van der Waals surface area (Å²) in [5.41, 5.74) is 0. The van der Waals surface area contributed by atoms with E-state index in [0.29, 0.717) is 0 Å². The molecule has 0 atom stereocenters. The molecule has 0 aromatic rings. The number of rotatable bonds is 1. The maximum atomic E-state index is 8.90. The van der Waals surface area contributed by atoms with E-state index in [0.717, 1.165) is 0 Å². The van der Waals surface area contributed by atoms with Gasteiger partial charge in [0, 0.05) is 0 Å². The van der Waals surface area contributed by atoms with Gasteiger partial charge >= 0.3 is 94.4 Å². The molecule has 0 spiro atoms. The van der Waals surface area contributed by atoms with E-state index in [9.17, 15) is 0 Å². The molecule has 0 heterocycles. The van der Waals surface area contributed by atoms with Gasteiger partial charge in [-0.15, -0.1) is 0 Å². The van der Waals surface area contributed by atoms with E-state index >= 15 is 0 Å². The third kappa shape index (κ3) is 41.0. The molecule has 8 nitrogen and oxygen atoms in total. The van der Waals surface area contributed by atoms with E-state index in [-0.39, 0.29) is 83.8 Å². The molecular formula is CH7BKNaO8. The molecule has 0 radical (unpaired) electrons. The average molecular weight is 220 g/mol. The molecule has 12 heavy (non-hydrogen) atoms. The van der Waals surface area contributed by atoms with Crippen LogP contribution in [0, 0.1) is 0 Å². The fourth-order valence-electron chi connectivity index (χ4n) is 0. The van der Waals surface area contributed by atoms with Crippen molar-refractivity contribution in [1.82, 2.24) is 0 Å². The van der Waals surface area contributed by atoms with Crippen molar-refractivity contribution >= 4 is 13.5 Å². The Kier molecular flexibility index (Phi) is 36.3. The standard InChI is InChI=1S/CH2O4.BH3O4.K.Na.2H/c2*2-1(3)5-4;;;;/h4H,(H,2,3);2-4H;;;;/q;;2*+1;2*-1. The molecule has 0 bridgehead atoms. The minimum Gasteiger partial charge on any atom is -1.00 e. The van der Waals surface area contributed by atoms with Gasteiger partial charge in [-0.25, -0.2) is 9.60 Å². The van der Waals surface area contributed by atoms with Crippen LogP contribution in [0.4, 0.5) is 4.79 Å². The second-order valence-corrected chi connectivity index (χ2v) is 0.789. The summed E-state index contributed by atoms with van der Waals surface area (Å²) in [4.78, 5) is 14.4. The van der Waals surface area contributed by atoms with Gasteiger partial charge in [-0.2, -0.15) is 5.26 Å². The van der Waals surface area contributed by atoms with Crippen molar-refractivity contribution in [2.45, 2.75) is 0 Å². The van der Waals surface area contributed by atoms with Crippen molar-refractivity contribution in [3.63, 3.8) is 0 Å². The second-order valence-electron chi connectivity index (χ2n) is 0.789. The van der Waals surface area contributed by atoms with Crippen molar-refractivity contribution in [3.05, 3.63) is 0 Å². The van der Waals surface area contributed by atoms with E-state index in [2.05, 4.69) is 9.69 Å². The van der Waals surface area contributed by atoms with Gasteiger partial charge in [0.2, 0.25) is 0 Å². The van der Waals surface area contributed by atoms with Crippen LogP contribution in [0.1, 0.15) is 2.85 Å². The molecule has 0 aliphatic carbocycles. The Labute approximate surface area is 135 Å². The smallest absolute Gasteiger partial charge is 1.00 e. The van der Waals surface area contributed by atoms with Crippen LogP contribution in [-0.2, 0) is 9.69 Å². The van der Waals surface area contributed by atoms with Gasteiger partial charge in [0.15, 0.2) is 0 Å². The van der Waals surface area contributed by atoms with Crippen molar-refractivity contribution in [3.8, 4) is 0 Å². The van der Waals surface area contributed by atoms with E-state index in [1.165, 1.54) is 0 Å². The largest absolute Gasteiger partial charge is 1.00 e. The molecule has 0 aliphatic heterocycles. The van der Waals surface area contributed by atoms with Crippen LogP contribution < -0.4 is 80.9 Å². The van der Waals surface area contributed by atoms with E-state index in [1.54, 1.807) is 0 Å². The normalized spacial score (nSPS) is 6.00. The topological polar surface area (TPSA) is 137 Å². The molecule has 0 fully saturated rings. The first kappa shape index (κ1) is 23.5. The number of hydrogen-bond donors (Lipinski definition) is 5. The molecule has 0 saturated carbocycles. The first-order valence-corrected chi connectivity index (χ1v) is 1.75. The summed E-state index contributed by atoms with van der Waals surface area (Å²) in [6, 6.07) is 0. The zero-order valence-corrected chi connectivity index (χ0v) is 11.7. The molecule has 5 N–H and O–H groups in total. The predicted molar refractivity (Wildman–Crippen MR) is 27.9 cm³/mol. The first-order valence-electron chi connectivity index (χ1n) is 1.75. The summed E-state index contributed by atoms with van der Waals surface area (Å²) in [6.45, 7) is 0. The predicted octanol–water partition coefficient (Wildman–Crippen LogP) is -7.17. The summed E-state index contributed by atoms with van der Waals surface area (Å²) >= 11 is 0. The van der Waals surface area contributed by atoms with Gasteiger partial charge in [-0.05, 0) is 0 Å². The average Bonchev–Trinajstić information content (AvgIpc) is 1.89. The van der Waals surface area contributed by atoms with Gasteiger partial charge < -0.3 is 18.0 Å². The van der Waals surface area contributed by atoms with Crippen LogP contribution >= 0.6 is 0 Å². The van der Waals surface area contributed by atoms with Crippen LogP contribution in [0.15, 0.2) is 0 Å². The Bertz CT molecular complexity index is 97.4. The summed E-state index contributed by atoms with van der Waals surface area (Å²) in [5.74, 6) is 0. The molecule has 0 aromatic heterocycles. The Morgan fingerprint density at radius 2 is 1.50 bits per heavy atom. The zero-order chi connectivity index (χ0) is 8.57. The van der Waals surface area contributed by atoms with Crippen molar-refractivity contribution in [2.75, 3.05) is 0 Å². The zero-order valence-electron chi connectivity index (χ0n) is 8.54. The molecule has 11 heteroatoms. The van der Waals surface area contributed by atoms with E-state index in [1.807, 2.05) is 0 Å². The molecule has 0 aliphatic rings. The SMILES string of the molecule is O=C(O)OO.OOB(O)O.[H-].[H-].[K+].[Na+]. The second kappa shape index (κ2) is 18.5. The third-order valence-corrected chi connectivity index (χ3v) is 0.172.